The molecule has 0 fully saturated rings. The first-order valence-electron chi connectivity index (χ1n) is 6.01. The average molecular weight is 249 g/mol. The molecule has 0 N–H and O–H groups in total. The molecule has 0 atom stereocenters. The van der Waals surface area contributed by atoms with E-state index in [1.807, 2.05) is 27.7 Å². The van der Waals surface area contributed by atoms with Gasteiger partial charge in [0.1, 0.15) is 5.75 Å². The minimum atomic E-state index is -0.436. The Balaban J connectivity index is 2.89. The Morgan fingerprint density at radius 3 is 2.22 bits per heavy atom. The molecule has 0 spiro atoms. The Bertz CT molecular complexity index is 419. The van der Waals surface area contributed by atoms with Gasteiger partial charge in [0.2, 0.25) is 0 Å². The summed E-state index contributed by atoms with van der Waals surface area (Å²) in [7, 11) is 0. The number of nitrogens with zero attached hydrogens (tertiary/aromatic N) is 1. The molecule has 0 radical (unpaired) electrons. The van der Waals surface area contributed by atoms with Crippen molar-refractivity contribution in [1.82, 2.24) is 4.90 Å². The summed E-state index contributed by atoms with van der Waals surface area (Å²) in [6.45, 7) is 7.69. The highest BCUT2D eigenvalue weighted by Crippen LogP contribution is 2.18. The Labute approximate surface area is 108 Å². The van der Waals surface area contributed by atoms with Crippen molar-refractivity contribution >= 4 is 12.4 Å². The minimum absolute atomic E-state index is 0.0425. The third kappa shape index (κ3) is 3.32. The molecule has 4 nitrogen and oxygen atoms in total. The predicted molar refractivity (Wildman–Crippen MR) is 70.0 cm³/mol. The molecule has 0 saturated heterocycles. The largest absolute Gasteiger partial charge is 0.415 e. The lowest BCUT2D eigenvalue weighted by molar-refractivity contribution is 0.111. The van der Waals surface area contributed by atoms with Gasteiger partial charge in [-0.15, -0.1) is 0 Å². The Hall–Kier alpha value is -1.84. The monoisotopic (exact) mass is 249 g/mol. The SMILES string of the molecule is CC(C)N(C(=O)Oc1ccccc1C=O)C(C)C. The highest BCUT2D eigenvalue weighted by molar-refractivity contribution is 5.82. The van der Waals surface area contributed by atoms with E-state index in [9.17, 15) is 9.59 Å². The van der Waals surface area contributed by atoms with Crippen LogP contribution in [-0.4, -0.2) is 29.4 Å². The number of hydrogen-bond donors (Lipinski definition) is 0. The highest BCUT2D eigenvalue weighted by Gasteiger charge is 2.22. The van der Waals surface area contributed by atoms with E-state index in [0.717, 1.165) is 0 Å². The Morgan fingerprint density at radius 2 is 1.72 bits per heavy atom. The third-order valence-electron chi connectivity index (χ3n) is 2.57. The summed E-state index contributed by atoms with van der Waals surface area (Å²) in [5.74, 6) is 0.295. The summed E-state index contributed by atoms with van der Waals surface area (Å²) in [5.41, 5.74) is 0.373. The van der Waals surface area contributed by atoms with Crippen molar-refractivity contribution < 1.29 is 14.3 Å². The average Bonchev–Trinajstić information content (AvgIpc) is 2.28. The number of benzene rings is 1. The summed E-state index contributed by atoms with van der Waals surface area (Å²) in [6.07, 6.45) is 0.242. The number of carbonyl (C=O) groups excluding carboxylic acids is 2. The lowest BCUT2D eigenvalue weighted by Crippen LogP contribution is -2.43. The Kier molecular flexibility index (Phi) is 4.89. The molecule has 18 heavy (non-hydrogen) atoms. The van der Waals surface area contributed by atoms with Crippen molar-refractivity contribution in [3.05, 3.63) is 29.8 Å². The fourth-order valence-corrected chi connectivity index (χ4v) is 1.84. The summed E-state index contributed by atoms with van der Waals surface area (Å²) in [6, 6.07) is 6.77. The first-order valence-corrected chi connectivity index (χ1v) is 6.01. The van der Waals surface area contributed by atoms with Crippen LogP contribution in [0.2, 0.25) is 0 Å². The van der Waals surface area contributed by atoms with Gasteiger partial charge in [-0.2, -0.15) is 0 Å². The van der Waals surface area contributed by atoms with Gasteiger partial charge in [0.05, 0.1) is 5.56 Å². The lowest BCUT2D eigenvalue weighted by atomic mass is 10.2. The van der Waals surface area contributed by atoms with E-state index in [1.54, 1.807) is 29.2 Å². The van der Waals surface area contributed by atoms with Gasteiger partial charge in [0.15, 0.2) is 6.29 Å². The van der Waals surface area contributed by atoms with E-state index in [-0.39, 0.29) is 12.1 Å². The van der Waals surface area contributed by atoms with Crippen LogP contribution in [0.5, 0.6) is 5.75 Å². The van der Waals surface area contributed by atoms with Crippen LogP contribution < -0.4 is 4.74 Å². The number of hydrogen-bond acceptors (Lipinski definition) is 3. The zero-order valence-corrected chi connectivity index (χ0v) is 11.2. The van der Waals surface area contributed by atoms with Crippen LogP contribution in [0.25, 0.3) is 0 Å². The third-order valence-corrected chi connectivity index (χ3v) is 2.57. The molecular weight excluding hydrogens is 230 g/mol. The maximum atomic E-state index is 12.1. The highest BCUT2D eigenvalue weighted by atomic mass is 16.6. The number of aldehydes is 1. The zero-order chi connectivity index (χ0) is 13.7. The molecule has 0 bridgehead atoms. The van der Waals surface area contributed by atoms with Crippen molar-refractivity contribution in [3.8, 4) is 5.75 Å². The zero-order valence-electron chi connectivity index (χ0n) is 11.2. The van der Waals surface area contributed by atoms with E-state index >= 15 is 0 Å². The van der Waals surface area contributed by atoms with Gasteiger partial charge in [0, 0.05) is 12.1 Å². The number of para-hydroxylation sites is 1. The van der Waals surface area contributed by atoms with E-state index in [0.29, 0.717) is 17.6 Å². The van der Waals surface area contributed by atoms with Gasteiger partial charge >= 0.3 is 6.09 Å². The molecule has 0 unspecified atom stereocenters. The van der Waals surface area contributed by atoms with Gasteiger partial charge in [-0.3, -0.25) is 4.79 Å². The maximum Gasteiger partial charge on any atom is 0.415 e. The molecule has 0 aromatic heterocycles. The summed E-state index contributed by atoms with van der Waals surface area (Å²) >= 11 is 0. The quantitative estimate of drug-likeness (QED) is 0.770. The standard InChI is InChI=1S/C14H19NO3/c1-10(2)15(11(3)4)14(17)18-13-8-6-5-7-12(13)9-16/h5-11H,1-4H3. The van der Waals surface area contributed by atoms with Crippen LogP contribution in [0.1, 0.15) is 38.1 Å². The maximum absolute atomic E-state index is 12.1. The van der Waals surface area contributed by atoms with Crippen LogP contribution in [0.15, 0.2) is 24.3 Å². The lowest BCUT2D eigenvalue weighted by Gasteiger charge is -2.29. The Morgan fingerprint density at radius 1 is 1.17 bits per heavy atom. The predicted octanol–water partition coefficient (Wildman–Crippen LogP) is 3.12. The first-order chi connectivity index (χ1) is 8.47. The molecule has 1 aromatic carbocycles. The number of amides is 1. The molecule has 98 valence electrons. The van der Waals surface area contributed by atoms with Crippen LogP contribution in [0, 0.1) is 0 Å². The van der Waals surface area contributed by atoms with Crippen molar-refractivity contribution in [2.45, 2.75) is 39.8 Å². The second-order valence-corrected chi connectivity index (χ2v) is 4.62. The summed E-state index contributed by atoms with van der Waals surface area (Å²) < 4.78 is 5.28. The molecule has 0 aliphatic carbocycles. The second-order valence-electron chi connectivity index (χ2n) is 4.62. The van der Waals surface area contributed by atoms with Gasteiger partial charge in [-0.25, -0.2) is 4.79 Å². The molecule has 0 aliphatic heterocycles. The molecule has 0 saturated carbocycles. The molecule has 0 heterocycles. The van der Waals surface area contributed by atoms with Crippen molar-refractivity contribution in [2.75, 3.05) is 0 Å². The van der Waals surface area contributed by atoms with Crippen molar-refractivity contribution in [1.29, 1.82) is 0 Å². The van der Waals surface area contributed by atoms with E-state index in [2.05, 4.69) is 0 Å². The first kappa shape index (κ1) is 14.2. The summed E-state index contributed by atoms with van der Waals surface area (Å²) in [5, 5.41) is 0. The van der Waals surface area contributed by atoms with Crippen molar-refractivity contribution in [3.63, 3.8) is 0 Å². The van der Waals surface area contributed by atoms with E-state index in [1.165, 1.54) is 0 Å². The van der Waals surface area contributed by atoms with E-state index in [4.69, 9.17) is 4.74 Å². The molecule has 1 aromatic rings. The van der Waals surface area contributed by atoms with Gasteiger partial charge in [-0.1, -0.05) is 12.1 Å². The normalized spacial score (nSPS) is 10.6. The molecule has 1 rings (SSSR count). The summed E-state index contributed by atoms with van der Waals surface area (Å²) in [4.78, 5) is 24.5. The minimum Gasteiger partial charge on any atom is -0.409 e. The molecule has 1 amide bonds. The van der Waals surface area contributed by atoms with Gasteiger partial charge in [0.25, 0.3) is 0 Å². The fraction of sp³-hybridized carbons (Fsp3) is 0.429. The topological polar surface area (TPSA) is 46.6 Å². The van der Waals surface area contributed by atoms with Crippen LogP contribution in [-0.2, 0) is 0 Å². The van der Waals surface area contributed by atoms with Crippen LogP contribution in [0.3, 0.4) is 0 Å². The number of ether oxygens (including phenoxy) is 1. The fourth-order valence-electron chi connectivity index (χ4n) is 1.84. The van der Waals surface area contributed by atoms with Crippen LogP contribution >= 0.6 is 0 Å². The van der Waals surface area contributed by atoms with Gasteiger partial charge < -0.3 is 9.64 Å². The van der Waals surface area contributed by atoms with Crippen molar-refractivity contribution in [2.24, 2.45) is 0 Å². The number of carbonyl (C=O) groups is 2. The molecule has 0 aliphatic rings. The second kappa shape index (κ2) is 6.19. The molecular formula is C14H19NO3. The van der Waals surface area contributed by atoms with Crippen LogP contribution in [0.4, 0.5) is 4.79 Å². The molecule has 4 heteroatoms. The number of rotatable bonds is 4. The van der Waals surface area contributed by atoms with Gasteiger partial charge in [-0.05, 0) is 39.8 Å². The van der Waals surface area contributed by atoms with E-state index < -0.39 is 6.09 Å². The smallest absolute Gasteiger partial charge is 0.409 e.